The molecule has 4 heterocycles. The van der Waals surface area contributed by atoms with Gasteiger partial charge in [0.15, 0.2) is 0 Å². The van der Waals surface area contributed by atoms with Crippen LogP contribution >= 0.6 is 0 Å². The van der Waals surface area contributed by atoms with Gasteiger partial charge in [0.1, 0.15) is 11.4 Å². The van der Waals surface area contributed by atoms with E-state index in [1.807, 2.05) is 14.7 Å². The van der Waals surface area contributed by atoms with Crippen LogP contribution in [-0.2, 0) is 14.4 Å². The zero-order valence-corrected chi connectivity index (χ0v) is 14.1. The van der Waals surface area contributed by atoms with Crippen molar-refractivity contribution < 1.29 is 19.5 Å². The maximum Gasteiger partial charge on any atom is 0.304 e. The van der Waals surface area contributed by atoms with E-state index in [0.717, 1.165) is 58.9 Å². The van der Waals surface area contributed by atoms with Crippen LogP contribution in [0.4, 0.5) is 0 Å². The average Bonchev–Trinajstić information content (AvgIpc) is 3.45. The minimum atomic E-state index is -0.697. The summed E-state index contributed by atoms with van der Waals surface area (Å²) in [4.78, 5) is 42.5. The Morgan fingerprint density at radius 3 is 1.92 bits per heavy atom. The Kier molecular flexibility index (Phi) is 3.99. The smallest absolute Gasteiger partial charge is 0.304 e. The number of nitrogens with zero attached hydrogens (tertiary/aromatic N) is 4. The molecule has 0 atom stereocenters. The largest absolute Gasteiger partial charge is 0.481 e. The maximum atomic E-state index is 12.4. The molecule has 25 heavy (non-hydrogen) atoms. The quantitative estimate of drug-likeness (QED) is 0.482. The number of carbonyl (C=O) groups excluding carboxylic acids is 2. The van der Waals surface area contributed by atoms with Crippen LogP contribution in [0.15, 0.2) is 23.2 Å². The first-order valence-electron chi connectivity index (χ1n) is 8.78. The number of rotatable bonds is 6. The summed E-state index contributed by atoms with van der Waals surface area (Å²) in [5.41, 5.74) is 1.89. The molecule has 0 unspecified atom stereocenters. The Morgan fingerprint density at radius 1 is 0.880 bits per heavy atom. The number of hydrogen-bond donors (Lipinski definition) is 1. The molecular formula is C17H22N4O4. The Hall–Kier alpha value is -2.35. The minimum Gasteiger partial charge on any atom is -0.481 e. The normalized spacial score (nSPS) is 24.0. The van der Waals surface area contributed by atoms with Crippen molar-refractivity contribution in [3.8, 4) is 0 Å². The van der Waals surface area contributed by atoms with Crippen LogP contribution < -0.4 is 0 Å². The maximum absolute atomic E-state index is 12.4. The molecule has 134 valence electrons. The first kappa shape index (κ1) is 16.1. The van der Waals surface area contributed by atoms with Crippen LogP contribution in [0.1, 0.15) is 6.42 Å². The Balaban J connectivity index is 0.000000166. The summed E-state index contributed by atoms with van der Waals surface area (Å²) in [5, 5.41) is 8.16. The summed E-state index contributed by atoms with van der Waals surface area (Å²) in [6, 6.07) is 0. The molecular weight excluding hydrogens is 324 g/mol. The van der Waals surface area contributed by atoms with Crippen LogP contribution in [0.25, 0.3) is 0 Å². The summed E-state index contributed by atoms with van der Waals surface area (Å²) in [5.74, 6) is -0.649. The van der Waals surface area contributed by atoms with E-state index >= 15 is 0 Å². The van der Waals surface area contributed by atoms with Crippen LogP contribution in [0.5, 0.6) is 0 Å². The molecule has 0 bridgehead atoms. The van der Waals surface area contributed by atoms with Gasteiger partial charge in [0.05, 0.1) is 12.1 Å². The molecule has 1 aliphatic carbocycles. The topological polar surface area (TPSA) is 83.5 Å². The molecule has 8 heteroatoms. The lowest BCUT2D eigenvalue weighted by Crippen LogP contribution is -2.29. The van der Waals surface area contributed by atoms with Crippen molar-refractivity contribution in [3.05, 3.63) is 23.2 Å². The van der Waals surface area contributed by atoms with Crippen LogP contribution in [0.2, 0.25) is 0 Å². The molecule has 0 amide bonds. The van der Waals surface area contributed by atoms with E-state index in [2.05, 4.69) is 4.90 Å². The van der Waals surface area contributed by atoms with E-state index in [9.17, 15) is 14.4 Å². The fraction of sp³-hybridized carbons (Fsp3) is 0.588. The number of aliphatic carboxylic acids is 1. The Morgan fingerprint density at radius 2 is 1.44 bits per heavy atom. The summed E-state index contributed by atoms with van der Waals surface area (Å²) < 4.78 is 0. The van der Waals surface area contributed by atoms with Crippen molar-refractivity contribution in [2.45, 2.75) is 6.42 Å². The number of carboxylic acid groups (broad SMARTS) is 1. The Labute approximate surface area is 145 Å². The number of ketones is 2. The molecule has 0 aromatic carbocycles. The van der Waals surface area contributed by atoms with Gasteiger partial charge < -0.3 is 24.7 Å². The summed E-state index contributed by atoms with van der Waals surface area (Å²) >= 11 is 0. The van der Waals surface area contributed by atoms with Gasteiger partial charge in [-0.1, -0.05) is 0 Å². The van der Waals surface area contributed by atoms with Gasteiger partial charge in [-0.2, -0.15) is 0 Å². The molecule has 4 fully saturated rings. The number of hydrogen-bond acceptors (Lipinski definition) is 7. The summed E-state index contributed by atoms with van der Waals surface area (Å²) in [6.45, 7) is 8.32. The zero-order valence-electron chi connectivity index (χ0n) is 14.1. The second-order valence-corrected chi connectivity index (χ2v) is 6.87. The Bertz CT molecular complexity index is 683. The lowest BCUT2D eigenvalue weighted by Gasteiger charge is -2.21. The standard InChI is InChI=1S/C12H13N3O2.C5H9NO2/c16-9-7-8(13-1-2-13)12(17)11(15-5-6-15)10(9)14-3-4-14;7-5(8)1-2-6-3-4-6/h7H,1-6H2;1-4H2,(H,7,8). The van der Waals surface area contributed by atoms with Gasteiger partial charge in [-0.15, -0.1) is 0 Å². The molecule has 4 saturated heterocycles. The molecule has 0 aromatic heterocycles. The van der Waals surface area contributed by atoms with Crippen molar-refractivity contribution in [2.75, 3.05) is 58.9 Å². The van der Waals surface area contributed by atoms with Crippen LogP contribution in [0, 0.1) is 0 Å². The molecule has 0 saturated carbocycles. The van der Waals surface area contributed by atoms with Gasteiger partial charge in [0, 0.05) is 65.0 Å². The zero-order chi connectivity index (χ0) is 17.6. The highest BCUT2D eigenvalue weighted by atomic mass is 16.4. The fourth-order valence-electron chi connectivity index (χ4n) is 2.82. The fourth-order valence-corrected chi connectivity index (χ4v) is 2.82. The molecule has 4 aliphatic heterocycles. The van der Waals surface area contributed by atoms with Crippen molar-refractivity contribution in [1.29, 1.82) is 0 Å². The van der Waals surface area contributed by atoms with Crippen molar-refractivity contribution in [1.82, 2.24) is 19.6 Å². The highest BCUT2D eigenvalue weighted by molar-refractivity contribution is 6.22. The van der Waals surface area contributed by atoms with E-state index in [1.165, 1.54) is 6.08 Å². The van der Waals surface area contributed by atoms with Crippen molar-refractivity contribution in [2.24, 2.45) is 0 Å². The second-order valence-electron chi connectivity index (χ2n) is 6.87. The average molecular weight is 346 g/mol. The summed E-state index contributed by atoms with van der Waals surface area (Å²) in [7, 11) is 0. The summed E-state index contributed by atoms with van der Waals surface area (Å²) in [6.07, 6.45) is 1.82. The second kappa shape index (κ2) is 6.18. The van der Waals surface area contributed by atoms with Gasteiger partial charge in [0.2, 0.25) is 11.6 Å². The molecule has 5 rings (SSSR count). The molecule has 1 N–H and O–H groups in total. The molecule has 0 spiro atoms. The third-order valence-electron chi connectivity index (χ3n) is 4.67. The van der Waals surface area contributed by atoms with E-state index in [-0.39, 0.29) is 11.6 Å². The lowest BCUT2D eigenvalue weighted by molar-refractivity contribution is -0.137. The third kappa shape index (κ3) is 3.84. The molecule has 0 aromatic rings. The highest BCUT2D eigenvalue weighted by Gasteiger charge is 2.43. The van der Waals surface area contributed by atoms with E-state index < -0.39 is 5.97 Å². The molecule has 5 aliphatic rings. The first-order valence-corrected chi connectivity index (χ1v) is 8.78. The SMILES string of the molecule is O=C(O)CCN1CC1.O=C1C=C(N2CC2)C(=O)C(N2CC2)=C1N1CC1. The van der Waals surface area contributed by atoms with E-state index in [0.29, 0.717) is 23.5 Å². The minimum absolute atomic E-state index is 0.00546. The van der Waals surface area contributed by atoms with Crippen molar-refractivity contribution in [3.63, 3.8) is 0 Å². The molecule has 0 radical (unpaired) electrons. The van der Waals surface area contributed by atoms with Gasteiger partial charge in [0.25, 0.3) is 0 Å². The lowest BCUT2D eigenvalue weighted by atomic mass is 10.0. The predicted molar refractivity (Wildman–Crippen MR) is 88.5 cm³/mol. The van der Waals surface area contributed by atoms with Gasteiger partial charge in [-0.3, -0.25) is 14.4 Å². The number of carboxylic acids is 1. The molecule has 8 nitrogen and oxygen atoms in total. The van der Waals surface area contributed by atoms with Crippen molar-refractivity contribution >= 4 is 17.5 Å². The number of carbonyl (C=O) groups is 3. The number of allylic oxidation sites excluding steroid dienone is 1. The van der Waals surface area contributed by atoms with Gasteiger partial charge in [-0.05, 0) is 0 Å². The predicted octanol–water partition coefficient (Wildman–Crippen LogP) is -1.04. The number of Topliss-reactive ketones (excluding diaryl/α,β-unsaturated/α-hetero) is 1. The van der Waals surface area contributed by atoms with Gasteiger partial charge >= 0.3 is 5.97 Å². The van der Waals surface area contributed by atoms with E-state index in [1.54, 1.807) is 0 Å². The van der Waals surface area contributed by atoms with Gasteiger partial charge in [-0.25, -0.2) is 0 Å². The first-order chi connectivity index (χ1) is 12.0. The highest BCUT2D eigenvalue weighted by Crippen LogP contribution is 2.33. The van der Waals surface area contributed by atoms with E-state index in [4.69, 9.17) is 5.11 Å². The van der Waals surface area contributed by atoms with Crippen LogP contribution in [0.3, 0.4) is 0 Å². The van der Waals surface area contributed by atoms with Crippen LogP contribution in [-0.4, -0.2) is 101 Å². The third-order valence-corrected chi connectivity index (χ3v) is 4.67. The monoisotopic (exact) mass is 346 g/mol.